The minimum Gasteiger partial charge on any atom is -0.547 e. The molecule has 0 amide bonds. The molecule has 0 saturated heterocycles. The van der Waals surface area contributed by atoms with Gasteiger partial charge in [0.05, 0.1) is 30.8 Å². The Hall–Kier alpha value is -1.25. The van der Waals surface area contributed by atoms with E-state index in [4.69, 9.17) is 40.9 Å². The van der Waals surface area contributed by atoms with Gasteiger partial charge in [0, 0.05) is 0 Å². The number of carbonyl (C=O) groups is 3. The van der Waals surface area contributed by atoms with Crippen LogP contribution >= 0.6 is 0 Å². The fourth-order valence-electron chi connectivity index (χ4n) is 0.668. The topological polar surface area (TPSA) is 259 Å². The predicted octanol–water partition coefficient (Wildman–Crippen LogP) is -7.26. The van der Waals surface area contributed by atoms with Crippen molar-refractivity contribution in [3.8, 4) is 0 Å². The first kappa shape index (κ1) is 32.4. The molecule has 0 aliphatic heterocycles. The summed E-state index contributed by atoms with van der Waals surface area (Å²) in [6.07, 6.45) is -10.5. The Morgan fingerprint density at radius 3 is 1.23 bits per heavy atom. The van der Waals surface area contributed by atoms with Crippen LogP contribution in [-0.2, 0) is 33.9 Å². The number of aliphatic hydroxyl groups excluding tert-OH is 7. The van der Waals surface area contributed by atoms with Crippen molar-refractivity contribution >= 4 is 17.9 Å². The van der Waals surface area contributed by atoms with Crippen LogP contribution in [0, 0.1) is 0 Å². The van der Waals surface area contributed by atoms with Gasteiger partial charge in [-0.15, -0.1) is 0 Å². The van der Waals surface area contributed by atoms with E-state index in [9.17, 15) is 24.6 Å². The Bertz CT molecular complexity index is 383. The third-order valence-electron chi connectivity index (χ3n) is 2.19. The molecular weight excluding hydrogens is 418 g/mol. The largest absolute Gasteiger partial charge is 2.00 e. The molecule has 8 N–H and O–H groups in total. The van der Waals surface area contributed by atoms with Gasteiger partial charge in [0.15, 0.2) is 6.10 Å². The van der Waals surface area contributed by atoms with Crippen molar-refractivity contribution in [3.63, 3.8) is 0 Å². The van der Waals surface area contributed by atoms with Crippen LogP contribution in [0.5, 0.6) is 0 Å². The smallest absolute Gasteiger partial charge is 0.547 e. The van der Waals surface area contributed by atoms with Crippen LogP contribution in [-0.4, -0.2) is 102 Å². The molecule has 150 valence electrons. The normalized spacial score (nSPS) is 16.5. The van der Waals surface area contributed by atoms with Gasteiger partial charge in [0.25, 0.3) is 0 Å². The van der Waals surface area contributed by atoms with Gasteiger partial charge in [0.2, 0.25) is 0 Å². The summed E-state index contributed by atoms with van der Waals surface area (Å²) in [6.45, 7) is 1.43. The van der Waals surface area contributed by atoms with Gasteiger partial charge in [-0.05, 0) is 13.8 Å². The van der Waals surface area contributed by atoms with Crippen molar-refractivity contribution in [1.29, 1.82) is 0 Å². The van der Waals surface area contributed by atoms with Crippen LogP contribution < -0.4 is 10.2 Å². The molecule has 0 spiro atoms. The van der Waals surface area contributed by atoms with Crippen LogP contribution in [0.2, 0.25) is 0 Å². The van der Waals surface area contributed by atoms with E-state index in [1.165, 1.54) is 0 Å². The van der Waals surface area contributed by atoms with Crippen LogP contribution in [0.1, 0.15) is 13.8 Å². The van der Waals surface area contributed by atoms with Crippen molar-refractivity contribution in [2.24, 2.45) is 0 Å². The van der Waals surface area contributed by atoms with E-state index in [0.29, 0.717) is 0 Å². The first-order valence-corrected chi connectivity index (χ1v) is 6.54. The molecule has 0 aromatic carbocycles. The predicted molar refractivity (Wildman–Crippen MR) is 72.1 cm³/mol. The molecule has 0 aliphatic carbocycles. The van der Waals surface area contributed by atoms with E-state index in [0.717, 1.165) is 13.8 Å². The summed E-state index contributed by atoms with van der Waals surface area (Å²) < 4.78 is 0. The molecule has 0 aromatic heterocycles. The minimum atomic E-state index is -2.20. The average molecular weight is 440 g/mol. The maximum Gasteiger partial charge on any atom is 2.00 e. The Kier molecular flexibility index (Phi) is 21.4. The molecule has 0 heterocycles. The molecular formula is C12H22O13Zn. The maximum atomic E-state index is 10.1. The number of rotatable bonds is 7. The number of hydrogen-bond acceptors (Lipinski definition) is 12. The van der Waals surface area contributed by atoms with Crippen molar-refractivity contribution < 1.29 is 84.9 Å². The average Bonchev–Trinajstić information content (AvgIpc) is 2.52. The summed E-state index contributed by atoms with van der Waals surface area (Å²) in [4.78, 5) is 28.8. The summed E-state index contributed by atoms with van der Waals surface area (Å²) in [5.41, 5.74) is 0. The Labute approximate surface area is 160 Å². The molecule has 6 atom stereocenters. The monoisotopic (exact) mass is 438 g/mol. The van der Waals surface area contributed by atoms with Gasteiger partial charge in [-0.1, -0.05) is 0 Å². The zero-order valence-electron chi connectivity index (χ0n) is 14.0. The fraction of sp³-hybridized carbons (Fsp3) is 0.750. The van der Waals surface area contributed by atoms with Gasteiger partial charge in [-0.3, -0.25) is 0 Å². The van der Waals surface area contributed by atoms with Crippen LogP contribution in [0.4, 0.5) is 0 Å². The number of aliphatic hydroxyl groups is 7. The van der Waals surface area contributed by atoms with E-state index in [1.807, 2.05) is 0 Å². The second kappa shape index (κ2) is 17.2. The molecule has 13 nitrogen and oxygen atoms in total. The first-order chi connectivity index (χ1) is 11.2. The number of carbonyl (C=O) groups excluding carboxylic acids is 2. The molecule has 0 radical (unpaired) electrons. The third kappa shape index (κ3) is 17.6. The van der Waals surface area contributed by atoms with Crippen molar-refractivity contribution in [2.45, 2.75) is 50.5 Å². The molecule has 6 unspecified atom stereocenters. The van der Waals surface area contributed by atoms with Crippen molar-refractivity contribution in [2.75, 3.05) is 6.61 Å². The Morgan fingerprint density at radius 2 is 1.08 bits per heavy atom. The second-order valence-electron chi connectivity index (χ2n) is 4.50. The quantitative estimate of drug-likeness (QED) is 0.172. The van der Waals surface area contributed by atoms with E-state index >= 15 is 0 Å². The molecule has 0 fully saturated rings. The zero-order chi connectivity index (χ0) is 20.9. The third-order valence-corrected chi connectivity index (χ3v) is 2.19. The van der Waals surface area contributed by atoms with Gasteiger partial charge in [-0.2, -0.15) is 0 Å². The molecule has 14 heteroatoms. The number of carboxylic acids is 3. The number of aliphatic carboxylic acids is 3. The second-order valence-corrected chi connectivity index (χ2v) is 4.50. The van der Waals surface area contributed by atoms with Crippen LogP contribution in [0.15, 0.2) is 0 Å². The number of carboxylic acid groups (broad SMARTS) is 3. The van der Waals surface area contributed by atoms with Gasteiger partial charge in [0.1, 0.15) is 18.3 Å². The SMILES string of the molecule is CC(O)C(=O)[O-].CC(O)C(=O)[O-].O=C(O)C(O)C(O)C(O)C(O)CO.[Zn+2]. The standard InChI is InChI=1S/C6H12O7.2C3H6O3.Zn/c7-1-2(8)3(9)4(10)5(11)6(12)13;2*1-2(4)3(5)6;/h2-5,7-11H,1H2,(H,12,13);2*2,4H,1H3,(H,5,6);/q;;;+2/p-2. The molecule has 26 heavy (non-hydrogen) atoms. The van der Waals surface area contributed by atoms with Crippen LogP contribution in [0.3, 0.4) is 0 Å². The molecule has 0 bridgehead atoms. The zero-order valence-corrected chi connectivity index (χ0v) is 17.0. The minimum absolute atomic E-state index is 0. The van der Waals surface area contributed by atoms with Crippen molar-refractivity contribution in [1.82, 2.24) is 0 Å². The Morgan fingerprint density at radius 1 is 0.808 bits per heavy atom. The summed E-state index contributed by atoms with van der Waals surface area (Å²) in [5.74, 6) is -4.60. The Balaban J connectivity index is -0.000000157. The maximum absolute atomic E-state index is 10.1. The molecule has 0 rings (SSSR count). The summed E-state index contributed by atoms with van der Waals surface area (Å²) >= 11 is 0. The van der Waals surface area contributed by atoms with Gasteiger partial charge in [-0.25, -0.2) is 4.79 Å². The molecule has 0 aromatic rings. The van der Waals surface area contributed by atoms with Gasteiger partial charge < -0.3 is 60.7 Å². The van der Waals surface area contributed by atoms with E-state index in [-0.39, 0.29) is 19.5 Å². The van der Waals surface area contributed by atoms with E-state index in [2.05, 4.69) is 0 Å². The summed E-state index contributed by atoms with van der Waals surface area (Å²) in [7, 11) is 0. The number of hydrogen-bond donors (Lipinski definition) is 8. The first-order valence-electron chi connectivity index (χ1n) is 6.54. The fourth-order valence-corrected chi connectivity index (χ4v) is 0.668. The van der Waals surface area contributed by atoms with Crippen molar-refractivity contribution in [3.05, 3.63) is 0 Å². The van der Waals surface area contributed by atoms with Crippen LogP contribution in [0.25, 0.3) is 0 Å². The van der Waals surface area contributed by atoms with E-state index in [1.54, 1.807) is 0 Å². The molecule has 0 saturated carbocycles. The van der Waals surface area contributed by atoms with E-state index < -0.39 is 61.1 Å². The molecule has 0 aliphatic rings. The van der Waals surface area contributed by atoms with Gasteiger partial charge >= 0.3 is 25.4 Å². The summed E-state index contributed by atoms with van der Waals surface area (Å²) in [5, 5.41) is 86.4. The summed E-state index contributed by atoms with van der Waals surface area (Å²) in [6, 6.07) is 0.